The van der Waals surface area contributed by atoms with Crippen molar-refractivity contribution in [1.82, 2.24) is 0 Å². The molecule has 0 aromatic rings. The summed E-state index contributed by atoms with van der Waals surface area (Å²) < 4.78 is 61.3. The Bertz CT molecular complexity index is 1790. The lowest BCUT2D eigenvalue weighted by atomic mass is 9.65. The van der Waals surface area contributed by atoms with Crippen LogP contribution in [-0.2, 0) is 95.3 Å². The fraction of sp³-hybridized carbons (Fsp3) is 0.818. The van der Waals surface area contributed by atoms with Gasteiger partial charge in [0.05, 0.1) is 61.0 Å². The largest absolute Gasteiger partial charge is 0.480 e. The van der Waals surface area contributed by atoms with Gasteiger partial charge in [0.2, 0.25) is 0 Å². The minimum Gasteiger partial charge on any atom is -0.480 e. The monoisotopic (exact) mass is 1220 g/mol. The van der Waals surface area contributed by atoms with Crippen molar-refractivity contribution >= 4 is 59.7 Å². The zero-order valence-electron chi connectivity index (χ0n) is 46.9. The second kappa shape index (κ2) is 32.9. The molecule has 10 N–H and O–H groups in total. The maximum Gasteiger partial charge on any atom is 0.329 e. The Kier molecular flexibility index (Phi) is 26.5. The molecule has 480 valence electrons. The van der Waals surface area contributed by atoms with E-state index >= 15 is 0 Å². The van der Waals surface area contributed by atoms with Crippen molar-refractivity contribution in [2.75, 3.05) is 66.1 Å². The quantitative estimate of drug-likeness (QED) is 0.0490. The van der Waals surface area contributed by atoms with Crippen molar-refractivity contribution in [3.8, 4) is 0 Å². The predicted molar refractivity (Wildman–Crippen MR) is 278 cm³/mol. The highest BCUT2D eigenvalue weighted by atomic mass is 16.6. The number of carboxylic acid groups (broad SMARTS) is 10. The van der Waals surface area contributed by atoms with Gasteiger partial charge in [0.1, 0.15) is 66.1 Å². The summed E-state index contributed by atoms with van der Waals surface area (Å²) in [6.45, 7) is -7.95. The lowest BCUT2D eigenvalue weighted by molar-refractivity contribution is -0.169. The van der Waals surface area contributed by atoms with E-state index in [4.69, 9.17) is 47.4 Å². The van der Waals surface area contributed by atoms with E-state index in [-0.39, 0.29) is 96.3 Å². The van der Waals surface area contributed by atoms with E-state index in [0.717, 1.165) is 0 Å². The topological polar surface area (TPSA) is 465 Å². The average molecular weight is 1220 g/mol. The second-order valence-electron chi connectivity index (χ2n) is 23.6. The number of ether oxygens (including phenoxy) is 10. The van der Waals surface area contributed by atoms with Gasteiger partial charge >= 0.3 is 59.7 Å². The number of rotatable bonds is 30. The zero-order valence-corrected chi connectivity index (χ0v) is 46.9. The van der Waals surface area contributed by atoms with Crippen LogP contribution in [0.2, 0.25) is 0 Å². The Balaban J connectivity index is 1.54. The number of carboxylic acids is 10. The van der Waals surface area contributed by atoms with Gasteiger partial charge in [0.15, 0.2) is 0 Å². The van der Waals surface area contributed by atoms with E-state index in [1.807, 2.05) is 0 Å². The predicted octanol–water partition coefficient (Wildman–Crippen LogP) is 1.78. The Morgan fingerprint density at radius 3 is 0.329 bits per heavy atom. The number of hydrogen-bond donors (Lipinski definition) is 10. The average Bonchev–Trinajstić information content (AvgIpc) is 3.44. The summed E-state index contributed by atoms with van der Waals surface area (Å²) >= 11 is 0. The maximum atomic E-state index is 12.2. The summed E-state index contributed by atoms with van der Waals surface area (Å²) in [7, 11) is 0. The van der Waals surface area contributed by atoms with Gasteiger partial charge in [0.25, 0.3) is 0 Å². The lowest BCUT2D eigenvalue weighted by Gasteiger charge is -2.48. The van der Waals surface area contributed by atoms with Gasteiger partial charge in [-0.2, -0.15) is 0 Å². The lowest BCUT2D eigenvalue weighted by Crippen LogP contribution is -2.49. The first-order valence-electron chi connectivity index (χ1n) is 28.6. The molecule has 0 aliphatic heterocycles. The minimum atomic E-state index is -1.33. The van der Waals surface area contributed by atoms with Gasteiger partial charge in [-0.25, -0.2) is 47.9 Å². The van der Waals surface area contributed by atoms with Crippen LogP contribution in [0.1, 0.15) is 96.3 Å². The van der Waals surface area contributed by atoms with Gasteiger partial charge in [-0.1, -0.05) is 0 Å². The van der Waals surface area contributed by atoms with Crippen molar-refractivity contribution in [2.24, 2.45) is 59.2 Å². The molecule has 15 aliphatic carbocycles. The van der Waals surface area contributed by atoms with Crippen LogP contribution in [0.5, 0.6) is 0 Å². The maximum absolute atomic E-state index is 12.2. The Labute approximate surface area is 487 Å². The summed E-state index contributed by atoms with van der Waals surface area (Å²) in [5, 5.41) is 99.3. The highest BCUT2D eigenvalue weighted by molar-refractivity contribution is 5.70. The molecule has 0 heterocycles. The molecule has 0 saturated heterocycles. The molecule has 10 bridgehead atoms. The smallest absolute Gasteiger partial charge is 0.329 e. The van der Waals surface area contributed by atoms with Crippen molar-refractivity contribution in [2.45, 2.75) is 157 Å². The van der Waals surface area contributed by atoms with Gasteiger partial charge < -0.3 is 98.4 Å². The third kappa shape index (κ3) is 21.9. The SMILES string of the molecule is O=C(O)COC1CC2CC3CC(OCC(=O)O)C(CC4CC(OCC(=O)O)C(CC5CC(OCC(=O)O)C(CC6CC(OCC(=O)O)C(CC1CC2OCC(=O)O)CC6OCC(=O)O)CC5OCC(=O)O)CC4OCC(=O)O)CC3OCC(=O)O. The highest BCUT2D eigenvalue weighted by Gasteiger charge is 2.51. The normalized spacial score (nSPS) is 35.1. The first kappa shape index (κ1) is 68.4. The highest BCUT2D eigenvalue weighted by Crippen LogP contribution is 2.51. The van der Waals surface area contributed by atoms with Crippen LogP contribution in [0.3, 0.4) is 0 Å². The first-order valence-corrected chi connectivity index (χ1v) is 28.6. The first-order chi connectivity index (χ1) is 40.3. The van der Waals surface area contributed by atoms with E-state index < -0.39 is 246 Å². The molecule has 30 heteroatoms. The molecule has 15 saturated carbocycles. The zero-order chi connectivity index (χ0) is 62.1. The molecule has 20 atom stereocenters. The summed E-state index contributed by atoms with van der Waals surface area (Å²) in [6, 6.07) is 0. The fourth-order valence-corrected chi connectivity index (χ4v) is 14.7. The fourth-order valence-electron chi connectivity index (χ4n) is 14.7. The van der Waals surface area contributed by atoms with Crippen LogP contribution < -0.4 is 0 Å². The Hall–Kier alpha value is -5.70. The van der Waals surface area contributed by atoms with E-state index in [2.05, 4.69) is 0 Å². The van der Waals surface area contributed by atoms with Crippen molar-refractivity contribution in [3.05, 3.63) is 0 Å². The van der Waals surface area contributed by atoms with Crippen LogP contribution in [0.4, 0.5) is 0 Å². The standard InChI is InChI=1S/C55H80O30/c56-46(57)16-76-36-8-28-2-30-10-42(82-22-52(68)69)32(12-40(30)80-20-50(64)65)4-34-14-45(85-25-55(74)75)35(15-44(34)84-24-54(72)73)5-33-13-41(81-21-51(66)67)31(11-43(33)83-23-53(70)71)3-29-9-37(77-17-47(58)59)27(7-39(29)79-19-49(62)63)1-26(36)6-38(28)78-18-48(60)61/h26-45H,1-25H2,(H,56,57)(H,58,59)(H,60,61)(H,62,63)(H,64,65)(H,66,67)(H,68,69)(H,70,71)(H,72,73)(H,74,75). The van der Waals surface area contributed by atoms with Crippen molar-refractivity contribution < 1.29 is 146 Å². The minimum absolute atomic E-state index is 0.0124. The van der Waals surface area contributed by atoms with E-state index in [9.17, 15) is 99.0 Å². The summed E-state index contributed by atoms with van der Waals surface area (Å²) in [5.74, 6) is -20.1. The summed E-state index contributed by atoms with van der Waals surface area (Å²) in [4.78, 5) is 122. The summed E-state index contributed by atoms with van der Waals surface area (Å²) in [6.07, 6.45) is -8.70. The number of aliphatic carboxylic acids is 10. The van der Waals surface area contributed by atoms with E-state index in [1.165, 1.54) is 0 Å². The molecule has 30 nitrogen and oxygen atoms in total. The van der Waals surface area contributed by atoms with Crippen molar-refractivity contribution in [1.29, 1.82) is 0 Å². The molecule has 0 radical (unpaired) electrons. The molecule has 15 fully saturated rings. The molecule has 15 aliphatic rings. The third-order valence-corrected chi connectivity index (χ3v) is 17.8. The molecule has 0 spiro atoms. The Morgan fingerprint density at radius 1 is 0.176 bits per heavy atom. The second-order valence-corrected chi connectivity index (χ2v) is 23.6. The molecule has 0 aromatic heterocycles. The van der Waals surface area contributed by atoms with Crippen LogP contribution in [0.15, 0.2) is 0 Å². The molecule has 20 unspecified atom stereocenters. The van der Waals surface area contributed by atoms with E-state index in [1.54, 1.807) is 0 Å². The van der Waals surface area contributed by atoms with Gasteiger partial charge in [-0.05, 0) is 155 Å². The van der Waals surface area contributed by atoms with Crippen LogP contribution in [0.25, 0.3) is 0 Å². The van der Waals surface area contributed by atoms with Crippen LogP contribution in [0, 0.1) is 59.2 Å². The van der Waals surface area contributed by atoms with Gasteiger partial charge in [-0.3, -0.25) is 0 Å². The molecular weight excluding hydrogens is 1140 g/mol. The molecule has 0 amide bonds. The summed E-state index contributed by atoms with van der Waals surface area (Å²) in [5.41, 5.74) is 0. The third-order valence-electron chi connectivity index (χ3n) is 17.8. The molecular formula is C55H80O30. The van der Waals surface area contributed by atoms with Gasteiger partial charge in [-0.15, -0.1) is 0 Å². The van der Waals surface area contributed by atoms with E-state index in [0.29, 0.717) is 0 Å². The molecule has 0 aromatic carbocycles. The molecule has 15 rings (SSSR count). The van der Waals surface area contributed by atoms with Crippen LogP contribution >= 0.6 is 0 Å². The van der Waals surface area contributed by atoms with Crippen molar-refractivity contribution in [3.63, 3.8) is 0 Å². The Morgan fingerprint density at radius 2 is 0.259 bits per heavy atom. The molecule has 85 heavy (non-hydrogen) atoms. The number of carbonyl (C=O) groups is 10. The number of hydrogen-bond acceptors (Lipinski definition) is 20. The van der Waals surface area contributed by atoms with Gasteiger partial charge in [0, 0.05) is 0 Å². The van der Waals surface area contributed by atoms with Crippen LogP contribution in [-0.4, -0.2) is 238 Å².